The molecule has 1 aromatic rings. The zero-order chi connectivity index (χ0) is 8.10. The van der Waals surface area contributed by atoms with Crippen molar-refractivity contribution in [3.8, 4) is 0 Å². The van der Waals surface area contributed by atoms with Gasteiger partial charge in [-0.2, -0.15) is 0 Å². The first kappa shape index (κ1) is 11.3. The predicted octanol–water partition coefficient (Wildman–Crippen LogP) is 1.75. The molecule has 0 saturated heterocycles. The summed E-state index contributed by atoms with van der Waals surface area (Å²) in [5.74, 6) is -0.251. The molecule has 1 N–H and O–H groups in total. The number of halogens is 1. The lowest BCUT2D eigenvalue weighted by Crippen LogP contribution is -2.14. The second-order valence-electron chi connectivity index (χ2n) is 1.91. The minimum absolute atomic E-state index is 0. The van der Waals surface area contributed by atoms with Gasteiger partial charge in [-0.05, 0) is 17.5 Å². The fourth-order valence-corrected chi connectivity index (χ4v) is 1.23. The minimum Gasteiger partial charge on any atom is -0.468 e. The smallest absolute Gasteiger partial charge is 0.325 e. The lowest BCUT2D eigenvalue weighted by Gasteiger charge is -1.99. The normalized spacial score (nSPS) is 8.42. The van der Waals surface area contributed by atoms with Crippen molar-refractivity contribution in [3.63, 3.8) is 0 Å². The molecule has 68 valence electrons. The van der Waals surface area contributed by atoms with Crippen molar-refractivity contribution in [1.29, 1.82) is 0 Å². The highest BCUT2D eigenvalue weighted by atomic mass is 35.5. The topological polar surface area (TPSA) is 38.3 Å². The molecular formula is C7H10ClNO2S. The van der Waals surface area contributed by atoms with Crippen LogP contribution < -0.4 is 5.32 Å². The zero-order valence-corrected chi connectivity index (χ0v) is 8.21. The van der Waals surface area contributed by atoms with Crippen molar-refractivity contribution >= 4 is 34.7 Å². The van der Waals surface area contributed by atoms with Crippen LogP contribution in [-0.2, 0) is 9.53 Å². The maximum absolute atomic E-state index is 10.6. The maximum Gasteiger partial charge on any atom is 0.325 e. The number of ether oxygens (including phenoxy) is 1. The summed E-state index contributed by atoms with van der Waals surface area (Å²) in [5, 5.41) is 5.85. The van der Waals surface area contributed by atoms with Crippen LogP contribution >= 0.6 is 23.7 Å². The standard InChI is InChI=1S/C7H9NO2S.ClH/c1-10-7(9)5-8-6-3-2-4-11-6;/h2-4,8H,5H2,1H3;1H. The van der Waals surface area contributed by atoms with Gasteiger partial charge in [0.15, 0.2) is 0 Å². The molecule has 3 nitrogen and oxygen atoms in total. The fraction of sp³-hybridized carbons (Fsp3) is 0.286. The Labute approximate surface area is 81.1 Å². The van der Waals surface area contributed by atoms with E-state index in [2.05, 4.69) is 10.1 Å². The monoisotopic (exact) mass is 207 g/mol. The molecule has 1 aromatic heterocycles. The maximum atomic E-state index is 10.6. The highest BCUT2D eigenvalue weighted by Crippen LogP contribution is 2.13. The first-order chi connectivity index (χ1) is 5.33. The second-order valence-corrected chi connectivity index (χ2v) is 2.85. The average molecular weight is 208 g/mol. The molecular weight excluding hydrogens is 198 g/mol. The molecule has 0 aliphatic rings. The number of methoxy groups -OCH3 is 1. The van der Waals surface area contributed by atoms with Crippen molar-refractivity contribution in [3.05, 3.63) is 17.5 Å². The van der Waals surface area contributed by atoms with E-state index in [4.69, 9.17) is 0 Å². The van der Waals surface area contributed by atoms with Crippen molar-refractivity contribution < 1.29 is 9.53 Å². The van der Waals surface area contributed by atoms with Crippen LogP contribution in [0.1, 0.15) is 0 Å². The summed E-state index contributed by atoms with van der Waals surface area (Å²) in [6.45, 7) is 0.233. The van der Waals surface area contributed by atoms with E-state index in [1.54, 1.807) is 11.3 Å². The van der Waals surface area contributed by atoms with Gasteiger partial charge in [0.25, 0.3) is 0 Å². The first-order valence-corrected chi connectivity index (χ1v) is 4.05. The van der Waals surface area contributed by atoms with Crippen LogP contribution in [0.5, 0.6) is 0 Å². The van der Waals surface area contributed by atoms with Crippen LogP contribution in [0.15, 0.2) is 17.5 Å². The number of carbonyl (C=O) groups is 1. The molecule has 0 unspecified atom stereocenters. The van der Waals surface area contributed by atoms with Gasteiger partial charge in [-0.1, -0.05) is 0 Å². The summed E-state index contributed by atoms with van der Waals surface area (Å²) in [5.41, 5.74) is 0. The third kappa shape index (κ3) is 3.59. The van der Waals surface area contributed by atoms with E-state index < -0.39 is 0 Å². The number of esters is 1. The molecule has 0 radical (unpaired) electrons. The van der Waals surface area contributed by atoms with E-state index in [1.807, 2.05) is 17.5 Å². The van der Waals surface area contributed by atoms with Gasteiger partial charge in [0, 0.05) is 0 Å². The lowest BCUT2D eigenvalue weighted by atomic mass is 10.6. The van der Waals surface area contributed by atoms with E-state index >= 15 is 0 Å². The lowest BCUT2D eigenvalue weighted by molar-refractivity contribution is -0.138. The van der Waals surface area contributed by atoms with Crippen LogP contribution in [0.3, 0.4) is 0 Å². The Morgan fingerprint density at radius 1 is 1.75 bits per heavy atom. The molecule has 1 heterocycles. The van der Waals surface area contributed by atoms with E-state index in [1.165, 1.54) is 7.11 Å². The number of rotatable bonds is 3. The third-order valence-corrected chi connectivity index (χ3v) is 1.98. The Kier molecular flexibility index (Phi) is 5.49. The Bertz CT molecular complexity index is 225. The molecule has 0 aliphatic carbocycles. The Balaban J connectivity index is 0.00000121. The van der Waals surface area contributed by atoms with Crippen LogP contribution in [0.25, 0.3) is 0 Å². The van der Waals surface area contributed by atoms with Gasteiger partial charge in [-0.25, -0.2) is 0 Å². The number of hydrogen-bond acceptors (Lipinski definition) is 4. The van der Waals surface area contributed by atoms with Gasteiger partial charge in [0.1, 0.15) is 6.54 Å². The van der Waals surface area contributed by atoms with E-state index in [0.29, 0.717) is 0 Å². The van der Waals surface area contributed by atoms with Crippen LogP contribution in [0, 0.1) is 0 Å². The quantitative estimate of drug-likeness (QED) is 0.768. The summed E-state index contributed by atoms with van der Waals surface area (Å²) in [6.07, 6.45) is 0. The van der Waals surface area contributed by atoms with Crippen molar-refractivity contribution in [1.82, 2.24) is 0 Å². The highest BCUT2D eigenvalue weighted by Gasteiger charge is 1.98. The molecule has 0 atom stereocenters. The van der Waals surface area contributed by atoms with Crippen molar-refractivity contribution in [2.45, 2.75) is 0 Å². The van der Waals surface area contributed by atoms with Crippen molar-refractivity contribution in [2.24, 2.45) is 0 Å². The third-order valence-electron chi connectivity index (χ3n) is 1.16. The second kappa shape index (κ2) is 5.85. The fourth-order valence-electron chi connectivity index (χ4n) is 0.611. The van der Waals surface area contributed by atoms with Crippen LogP contribution in [0.4, 0.5) is 5.00 Å². The summed E-state index contributed by atoms with van der Waals surface area (Å²) < 4.78 is 4.45. The van der Waals surface area contributed by atoms with Gasteiger partial charge in [-0.15, -0.1) is 23.7 Å². The number of anilines is 1. The van der Waals surface area contributed by atoms with E-state index in [9.17, 15) is 4.79 Å². The molecule has 0 spiro atoms. The Morgan fingerprint density at radius 2 is 2.50 bits per heavy atom. The van der Waals surface area contributed by atoms with E-state index in [-0.39, 0.29) is 24.9 Å². The van der Waals surface area contributed by atoms with Gasteiger partial charge in [0.2, 0.25) is 0 Å². The summed E-state index contributed by atoms with van der Waals surface area (Å²) in [7, 11) is 1.37. The van der Waals surface area contributed by atoms with E-state index in [0.717, 1.165) is 5.00 Å². The largest absolute Gasteiger partial charge is 0.468 e. The van der Waals surface area contributed by atoms with Crippen molar-refractivity contribution in [2.75, 3.05) is 19.0 Å². The molecule has 12 heavy (non-hydrogen) atoms. The Morgan fingerprint density at radius 3 is 3.00 bits per heavy atom. The molecule has 0 aromatic carbocycles. The molecule has 1 rings (SSSR count). The number of nitrogens with one attached hydrogen (secondary N) is 1. The van der Waals surface area contributed by atoms with Crippen LogP contribution in [-0.4, -0.2) is 19.6 Å². The molecule has 0 amide bonds. The first-order valence-electron chi connectivity index (χ1n) is 3.17. The van der Waals surface area contributed by atoms with Crippen LogP contribution in [0.2, 0.25) is 0 Å². The average Bonchev–Trinajstić information content (AvgIpc) is 2.52. The molecule has 0 fully saturated rings. The minimum atomic E-state index is -0.251. The zero-order valence-electron chi connectivity index (χ0n) is 6.57. The Hall–Kier alpha value is -0.740. The number of carbonyl (C=O) groups excluding carboxylic acids is 1. The highest BCUT2D eigenvalue weighted by molar-refractivity contribution is 7.14. The number of thiophene rings is 1. The molecule has 0 saturated carbocycles. The molecule has 0 aliphatic heterocycles. The number of hydrogen-bond donors (Lipinski definition) is 1. The summed E-state index contributed by atoms with van der Waals surface area (Å²) in [6, 6.07) is 3.83. The SMILES string of the molecule is COC(=O)CNc1cccs1.Cl. The van der Waals surface area contributed by atoms with Gasteiger partial charge in [-0.3, -0.25) is 4.79 Å². The van der Waals surface area contributed by atoms with Gasteiger partial charge < -0.3 is 10.1 Å². The summed E-state index contributed by atoms with van der Waals surface area (Å²) >= 11 is 1.56. The van der Waals surface area contributed by atoms with Gasteiger partial charge >= 0.3 is 5.97 Å². The van der Waals surface area contributed by atoms with Gasteiger partial charge in [0.05, 0.1) is 12.1 Å². The summed E-state index contributed by atoms with van der Waals surface area (Å²) in [4.78, 5) is 10.6. The predicted molar refractivity (Wildman–Crippen MR) is 52.1 cm³/mol. The molecule has 5 heteroatoms. The molecule has 0 bridgehead atoms.